The number of hydrogen-bond acceptors (Lipinski definition) is 4. The van der Waals surface area contributed by atoms with Crippen LogP contribution in [0.5, 0.6) is 0 Å². The van der Waals surface area contributed by atoms with Crippen molar-refractivity contribution in [2.45, 2.75) is 33.7 Å². The van der Waals surface area contributed by atoms with Gasteiger partial charge in [0.1, 0.15) is 0 Å². The Hall–Kier alpha value is -0.870. The van der Waals surface area contributed by atoms with Gasteiger partial charge in [-0.2, -0.15) is 0 Å². The lowest BCUT2D eigenvalue weighted by Gasteiger charge is -2.22. The number of ether oxygens (including phenoxy) is 2. The van der Waals surface area contributed by atoms with Crippen LogP contribution in [0.3, 0.4) is 0 Å². The minimum atomic E-state index is -0.334. The Bertz CT molecular complexity index is 239. The highest BCUT2D eigenvalue weighted by molar-refractivity contribution is 5.88. The van der Waals surface area contributed by atoms with Crippen molar-refractivity contribution in [3.05, 3.63) is 12.2 Å². The van der Waals surface area contributed by atoms with Crippen molar-refractivity contribution in [1.29, 1.82) is 0 Å². The molecule has 0 amide bonds. The number of rotatable bonds is 9. The van der Waals surface area contributed by atoms with Gasteiger partial charge >= 0.3 is 5.97 Å². The smallest absolute Gasteiger partial charge is 0.334 e. The maximum absolute atomic E-state index is 11.3. The summed E-state index contributed by atoms with van der Waals surface area (Å²) in [4.78, 5) is 11.3. The summed E-state index contributed by atoms with van der Waals surface area (Å²) >= 11 is 0. The summed E-state index contributed by atoms with van der Waals surface area (Å²) in [6.45, 7) is 13.8. The molecule has 17 heavy (non-hydrogen) atoms. The molecule has 0 fully saturated rings. The number of hydrogen-bond donors (Lipinski definition) is 1. The molecule has 0 bridgehead atoms. The molecule has 0 aliphatic rings. The highest BCUT2D eigenvalue weighted by Crippen LogP contribution is 2.03. The van der Waals surface area contributed by atoms with Crippen molar-refractivity contribution in [1.82, 2.24) is 5.32 Å². The molecular weight excluding hydrogens is 218 g/mol. The third-order valence-corrected chi connectivity index (χ3v) is 2.45. The lowest BCUT2D eigenvalue weighted by Crippen LogP contribution is -2.39. The summed E-state index contributed by atoms with van der Waals surface area (Å²) in [5.74, 6) is 0.107. The van der Waals surface area contributed by atoms with E-state index < -0.39 is 0 Å². The zero-order valence-corrected chi connectivity index (χ0v) is 11.4. The lowest BCUT2D eigenvalue weighted by atomic mass is 10.1. The van der Waals surface area contributed by atoms with Crippen LogP contribution in [0.4, 0.5) is 0 Å². The molecule has 0 aliphatic heterocycles. The molecule has 0 spiro atoms. The van der Waals surface area contributed by atoms with Gasteiger partial charge in [0.05, 0.1) is 13.2 Å². The van der Waals surface area contributed by atoms with E-state index in [0.29, 0.717) is 37.9 Å². The Balaban J connectivity index is 4.03. The van der Waals surface area contributed by atoms with Gasteiger partial charge in [-0.3, -0.25) is 0 Å². The van der Waals surface area contributed by atoms with Gasteiger partial charge in [0.25, 0.3) is 0 Å². The van der Waals surface area contributed by atoms with Crippen LogP contribution in [0.1, 0.15) is 27.7 Å². The molecule has 1 unspecified atom stereocenters. The average molecular weight is 243 g/mol. The van der Waals surface area contributed by atoms with Gasteiger partial charge in [0.15, 0.2) is 0 Å². The molecule has 0 aliphatic carbocycles. The third-order valence-electron chi connectivity index (χ3n) is 2.45. The number of carbonyl (C=O) groups is 1. The van der Waals surface area contributed by atoms with Crippen LogP contribution >= 0.6 is 0 Å². The average Bonchev–Trinajstić information content (AvgIpc) is 2.28. The predicted molar refractivity (Wildman–Crippen MR) is 68.9 cm³/mol. The zero-order valence-electron chi connectivity index (χ0n) is 11.4. The van der Waals surface area contributed by atoms with Crippen LogP contribution in [0.25, 0.3) is 0 Å². The van der Waals surface area contributed by atoms with E-state index in [1.165, 1.54) is 0 Å². The summed E-state index contributed by atoms with van der Waals surface area (Å²) in [5.41, 5.74) is 0.453. The van der Waals surface area contributed by atoms with Crippen LogP contribution in [-0.2, 0) is 14.3 Å². The van der Waals surface area contributed by atoms with Crippen LogP contribution in [0, 0.1) is 5.92 Å². The number of nitrogens with one attached hydrogen (secondary N) is 1. The first-order valence-electron chi connectivity index (χ1n) is 6.18. The van der Waals surface area contributed by atoms with Crippen LogP contribution in [0.2, 0.25) is 0 Å². The molecule has 0 aromatic rings. The Labute approximate surface area is 104 Å². The van der Waals surface area contributed by atoms with Crippen LogP contribution in [0.15, 0.2) is 12.2 Å². The maximum atomic E-state index is 11.3. The van der Waals surface area contributed by atoms with Gasteiger partial charge in [0.2, 0.25) is 0 Å². The zero-order chi connectivity index (χ0) is 13.3. The Kier molecular flexibility index (Phi) is 8.72. The van der Waals surface area contributed by atoms with Gasteiger partial charge in [-0.1, -0.05) is 20.4 Å². The molecule has 0 aromatic carbocycles. The number of carbonyl (C=O) groups excluding carboxylic acids is 1. The SMILES string of the molecule is C=C(CNC(COCC)C(C)C)C(=O)OCC. The van der Waals surface area contributed by atoms with Crippen molar-refractivity contribution in [2.75, 3.05) is 26.4 Å². The van der Waals surface area contributed by atoms with E-state index in [2.05, 4.69) is 25.7 Å². The molecule has 0 aromatic heterocycles. The van der Waals surface area contributed by atoms with E-state index in [4.69, 9.17) is 9.47 Å². The summed E-state index contributed by atoms with van der Waals surface area (Å²) < 4.78 is 10.3. The Morgan fingerprint density at radius 3 is 2.41 bits per heavy atom. The van der Waals surface area contributed by atoms with Gasteiger partial charge in [-0.15, -0.1) is 0 Å². The van der Waals surface area contributed by atoms with Crippen molar-refractivity contribution < 1.29 is 14.3 Å². The highest BCUT2D eigenvalue weighted by Gasteiger charge is 2.15. The van der Waals surface area contributed by atoms with Crippen molar-refractivity contribution in [3.63, 3.8) is 0 Å². The first kappa shape index (κ1) is 16.1. The fraction of sp³-hybridized carbons (Fsp3) is 0.769. The Morgan fingerprint density at radius 1 is 1.29 bits per heavy atom. The third kappa shape index (κ3) is 7.13. The molecule has 100 valence electrons. The fourth-order valence-electron chi connectivity index (χ4n) is 1.29. The van der Waals surface area contributed by atoms with E-state index in [1.807, 2.05) is 6.92 Å². The van der Waals surface area contributed by atoms with E-state index in [-0.39, 0.29) is 12.0 Å². The van der Waals surface area contributed by atoms with E-state index in [9.17, 15) is 4.79 Å². The highest BCUT2D eigenvalue weighted by atomic mass is 16.5. The lowest BCUT2D eigenvalue weighted by molar-refractivity contribution is -0.138. The second kappa shape index (κ2) is 9.19. The van der Waals surface area contributed by atoms with E-state index in [0.717, 1.165) is 0 Å². The quantitative estimate of drug-likeness (QED) is 0.495. The molecule has 0 heterocycles. The monoisotopic (exact) mass is 243 g/mol. The summed E-state index contributed by atoms with van der Waals surface area (Å²) in [6.07, 6.45) is 0. The molecular formula is C13H25NO3. The van der Waals surface area contributed by atoms with Crippen molar-refractivity contribution in [3.8, 4) is 0 Å². The summed E-state index contributed by atoms with van der Waals surface area (Å²) in [5, 5.41) is 3.27. The first-order valence-corrected chi connectivity index (χ1v) is 6.18. The van der Waals surface area contributed by atoms with E-state index in [1.54, 1.807) is 6.92 Å². The molecule has 4 nitrogen and oxygen atoms in total. The second-order valence-corrected chi connectivity index (χ2v) is 4.21. The van der Waals surface area contributed by atoms with Crippen molar-refractivity contribution >= 4 is 5.97 Å². The van der Waals surface area contributed by atoms with Crippen LogP contribution in [-0.4, -0.2) is 38.4 Å². The van der Waals surface area contributed by atoms with Gasteiger partial charge < -0.3 is 14.8 Å². The molecule has 0 rings (SSSR count). The minimum absolute atomic E-state index is 0.223. The number of esters is 1. The Morgan fingerprint density at radius 2 is 1.94 bits per heavy atom. The standard InChI is InChI=1S/C13H25NO3/c1-6-16-9-12(10(3)4)14-8-11(5)13(15)17-7-2/h10,12,14H,5-9H2,1-4H3. The maximum Gasteiger partial charge on any atom is 0.334 e. The van der Waals surface area contributed by atoms with Crippen molar-refractivity contribution in [2.24, 2.45) is 5.92 Å². The van der Waals surface area contributed by atoms with Gasteiger partial charge in [-0.05, 0) is 19.8 Å². The second-order valence-electron chi connectivity index (χ2n) is 4.21. The molecule has 1 N–H and O–H groups in total. The van der Waals surface area contributed by atoms with E-state index >= 15 is 0 Å². The molecule has 0 radical (unpaired) electrons. The molecule has 1 atom stereocenters. The largest absolute Gasteiger partial charge is 0.463 e. The topological polar surface area (TPSA) is 47.6 Å². The predicted octanol–water partition coefficient (Wildman–Crippen LogP) is 1.76. The normalized spacial score (nSPS) is 12.5. The van der Waals surface area contributed by atoms with Gasteiger partial charge in [-0.25, -0.2) is 4.79 Å². The first-order chi connectivity index (χ1) is 8.02. The van der Waals surface area contributed by atoms with Gasteiger partial charge in [0, 0.05) is 24.8 Å². The molecule has 0 saturated carbocycles. The fourth-order valence-corrected chi connectivity index (χ4v) is 1.29. The summed E-state index contributed by atoms with van der Waals surface area (Å²) in [7, 11) is 0. The minimum Gasteiger partial charge on any atom is -0.463 e. The van der Waals surface area contributed by atoms with Crippen LogP contribution < -0.4 is 5.32 Å². The molecule has 4 heteroatoms. The molecule has 0 saturated heterocycles. The summed E-state index contributed by atoms with van der Waals surface area (Å²) in [6, 6.07) is 0.223.